The van der Waals surface area contributed by atoms with Gasteiger partial charge in [0.15, 0.2) is 0 Å². The number of carbonyl (C=O) groups is 2. The first kappa shape index (κ1) is 29.5. The van der Waals surface area contributed by atoms with Crippen LogP contribution >= 0.6 is 11.8 Å². The molecule has 212 valence electrons. The summed E-state index contributed by atoms with van der Waals surface area (Å²) in [5, 5.41) is 18.9. The topological polar surface area (TPSA) is 99.5 Å². The van der Waals surface area contributed by atoms with Gasteiger partial charge in [0.05, 0.1) is 11.4 Å². The van der Waals surface area contributed by atoms with Crippen molar-refractivity contribution in [1.29, 1.82) is 0 Å². The van der Waals surface area contributed by atoms with Crippen LogP contribution in [0.2, 0.25) is 0 Å². The zero-order chi connectivity index (χ0) is 29.4. The number of anilines is 2. The Morgan fingerprint density at radius 1 is 0.732 bits per heavy atom. The van der Waals surface area contributed by atoms with E-state index in [1.807, 2.05) is 11.8 Å². The van der Waals surface area contributed by atoms with Gasteiger partial charge in [-0.15, -0.1) is 0 Å². The lowest BCUT2D eigenvalue weighted by Crippen LogP contribution is -2.37. The largest absolute Gasteiger partial charge is 0.507 e. The highest BCUT2D eigenvalue weighted by atomic mass is 32.2. The monoisotopic (exact) mass is 572 g/mol. The molecule has 5 rings (SSSR count). The summed E-state index contributed by atoms with van der Waals surface area (Å²) in [5.74, 6) is -2.10. The maximum Gasteiger partial charge on any atom is 0.344 e. The fraction of sp³-hybridized carbons (Fsp3) is 0.188. The Balaban J connectivity index is 0.000000189. The minimum absolute atomic E-state index is 0.0314. The second-order valence-electron chi connectivity index (χ2n) is 9.48. The lowest BCUT2D eigenvalue weighted by Gasteiger charge is -2.36. The van der Waals surface area contributed by atoms with Gasteiger partial charge in [-0.05, 0) is 69.6 Å². The molecule has 2 N–H and O–H groups in total. The predicted molar refractivity (Wildman–Crippen MR) is 159 cm³/mol. The summed E-state index contributed by atoms with van der Waals surface area (Å²) in [4.78, 5) is 30.7. The molecule has 8 nitrogen and oxygen atoms in total. The molecule has 9 heteroatoms. The van der Waals surface area contributed by atoms with E-state index in [9.17, 15) is 19.8 Å². The number of hydrogen-bond acceptors (Lipinski definition) is 9. The van der Waals surface area contributed by atoms with E-state index in [0.29, 0.717) is 6.04 Å². The van der Waals surface area contributed by atoms with Crippen LogP contribution in [0.1, 0.15) is 27.6 Å². The first-order valence-corrected chi connectivity index (χ1v) is 13.8. The number of ether oxygens (including phenoxy) is 2. The quantitative estimate of drug-likeness (QED) is 0.195. The van der Waals surface area contributed by atoms with Crippen molar-refractivity contribution in [2.75, 3.05) is 32.3 Å². The summed E-state index contributed by atoms with van der Waals surface area (Å²) < 4.78 is 9.43. The first-order chi connectivity index (χ1) is 19.8. The number of para-hydroxylation sites is 4. The van der Waals surface area contributed by atoms with Crippen LogP contribution in [0.15, 0.2) is 107 Å². The lowest BCUT2D eigenvalue weighted by molar-refractivity contribution is -0.0169. The van der Waals surface area contributed by atoms with Crippen molar-refractivity contribution in [2.45, 2.75) is 22.8 Å². The summed E-state index contributed by atoms with van der Waals surface area (Å²) in [5.41, 5.74) is 2.59. The Kier molecular flexibility index (Phi) is 9.89. The van der Waals surface area contributed by atoms with Crippen LogP contribution in [0.4, 0.5) is 11.4 Å². The van der Waals surface area contributed by atoms with Gasteiger partial charge in [-0.2, -0.15) is 0 Å². The molecule has 0 amide bonds. The molecule has 1 heterocycles. The van der Waals surface area contributed by atoms with E-state index in [1.54, 1.807) is 24.3 Å². The van der Waals surface area contributed by atoms with Gasteiger partial charge < -0.3 is 29.5 Å². The molecule has 0 radical (unpaired) electrons. The fourth-order valence-electron chi connectivity index (χ4n) is 3.99. The average molecular weight is 573 g/mol. The van der Waals surface area contributed by atoms with Crippen LogP contribution in [0.5, 0.6) is 11.5 Å². The molecule has 4 aromatic rings. The Labute approximate surface area is 243 Å². The molecule has 0 aromatic heterocycles. The standard InChI is InChI=1S/C17H20N2S.C15H12O6/c1-13(18(2)3)12-19-14-8-4-6-10-16(14)20-17-11-7-5-9-15(17)19;16-12-7-3-1-5-10(12)14(18)20-9-21-15(19)11-6-2-4-8-13(11)17/h4-11,13H,12H2,1-3H3;1-8,16-17H,9H2. The third-order valence-corrected chi connectivity index (χ3v) is 7.62. The smallest absolute Gasteiger partial charge is 0.344 e. The van der Waals surface area contributed by atoms with Crippen molar-refractivity contribution in [3.05, 3.63) is 108 Å². The maximum absolute atomic E-state index is 11.6. The number of likely N-dealkylation sites (N-methyl/N-ethyl adjacent to an activating group) is 1. The van der Waals surface area contributed by atoms with Crippen molar-refractivity contribution >= 4 is 35.1 Å². The number of esters is 2. The number of rotatable bonds is 7. The van der Waals surface area contributed by atoms with Crippen molar-refractivity contribution in [2.24, 2.45) is 0 Å². The third-order valence-electron chi connectivity index (χ3n) is 6.49. The number of phenols is 2. The normalized spacial score (nSPS) is 12.3. The minimum atomic E-state index is -0.821. The predicted octanol–water partition coefficient (Wildman–Crippen LogP) is 6.31. The number of hydrogen-bond donors (Lipinski definition) is 2. The first-order valence-electron chi connectivity index (χ1n) is 13.0. The summed E-state index contributed by atoms with van der Waals surface area (Å²) in [7, 11) is 4.28. The van der Waals surface area contributed by atoms with E-state index in [-0.39, 0.29) is 22.6 Å². The molecule has 41 heavy (non-hydrogen) atoms. The summed E-state index contributed by atoms with van der Waals surface area (Å²) in [6, 6.07) is 29.5. The van der Waals surface area contributed by atoms with Crippen molar-refractivity contribution in [3.8, 4) is 11.5 Å². The number of phenolic OH excluding ortho intramolecular Hbond substituents is 2. The molecule has 0 aliphatic carbocycles. The Morgan fingerprint density at radius 3 is 1.59 bits per heavy atom. The highest BCUT2D eigenvalue weighted by Gasteiger charge is 2.24. The molecule has 1 aliphatic heterocycles. The summed E-state index contributed by atoms with van der Waals surface area (Å²) in [6.45, 7) is 2.65. The second-order valence-corrected chi connectivity index (χ2v) is 10.6. The molecule has 0 saturated carbocycles. The highest BCUT2D eigenvalue weighted by Crippen LogP contribution is 2.47. The Bertz CT molecular complexity index is 1410. The molecular formula is C32H32N2O6S. The molecule has 0 bridgehead atoms. The van der Waals surface area contributed by atoms with E-state index in [1.165, 1.54) is 45.4 Å². The van der Waals surface area contributed by atoms with Gasteiger partial charge in [0.25, 0.3) is 0 Å². The third kappa shape index (κ3) is 7.39. The molecule has 0 spiro atoms. The van der Waals surface area contributed by atoms with E-state index in [0.717, 1.165) is 6.54 Å². The number of carbonyl (C=O) groups excluding carboxylic acids is 2. The second kappa shape index (κ2) is 13.7. The van der Waals surface area contributed by atoms with Crippen molar-refractivity contribution in [1.82, 2.24) is 4.90 Å². The number of aromatic hydroxyl groups is 2. The van der Waals surface area contributed by atoms with Gasteiger partial charge >= 0.3 is 11.9 Å². The molecule has 4 aromatic carbocycles. The average Bonchev–Trinajstić information content (AvgIpc) is 2.97. The van der Waals surface area contributed by atoms with Gasteiger partial charge in [-0.1, -0.05) is 60.3 Å². The number of fused-ring (bicyclic) bond motifs is 2. The minimum Gasteiger partial charge on any atom is -0.507 e. The van der Waals surface area contributed by atoms with Crippen LogP contribution < -0.4 is 4.90 Å². The number of nitrogens with zero attached hydrogens (tertiary/aromatic N) is 2. The molecule has 0 saturated heterocycles. The maximum atomic E-state index is 11.6. The molecule has 1 aliphatic rings. The van der Waals surface area contributed by atoms with Gasteiger partial charge in [0.2, 0.25) is 6.79 Å². The Morgan fingerprint density at radius 2 is 1.15 bits per heavy atom. The zero-order valence-corrected chi connectivity index (χ0v) is 23.9. The molecule has 1 atom stereocenters. The fourth-order valence-corrected chi connectivity index (χ4v) is 5.09. The van der Waals surface area contributed by atoms with Crippen LogP contribution in [-0.2, 0) is 9.47 Å². The highest BCUT2D eigenvalue weighted by molar-refractivity contribution is 7.99. The van der Waals surface area contributed by atoms with E-state index in [2.05, 4.69) is 79.3 Å². The lowest BCUT2D eigenvalue weighted by atomic mass is 10.2. The van der Waals surface area contributed by atoms with E-state index < -0.39 is 18.7 Å². The summed E-state index contributed by atoms with van der Waals surface area (Å²) in [6.07, 6.45) is 0. The van der Waals surface area contributed by atoms with Gasteiger partial charge in [-0.3, -0.25) is 0 Å². The molecule has 1 unspecified atom stereocenters. The van der Waals surface area contributed by atoms with Crippen LogP contribution in [-0.4, -0.2) is 60.5 Å². The zero-order valence-electron chi connectivity index (χ0n) is 23.1. The summed E-state index contributed by atoms with van der Waals surface area (Å²) >= 11 is 1.87. The van der Waals surface area contributed by atoms with E-state index >= 15 is 0 Å². The van der Waals surface area contributed by atoms with Gasteiger partial charge in [-0.25, -0.2) is 9.59 Å². The SMILES string of the molecule is CC(CN1c2ccccc2Sc2ccccc21)N(C)C.O=C(OCOC(=O)c1ccccc1O)c1ccccc1O. The van der Waals surface area contributed by atoms with Crippen LogP contribution in [0.25, 0.3) is 0 Å². The van der Waals surface area contributed by atoms with Crippen LogP contribution in [0, 0.1) is 0 Å². The van der Waals surface area contributed by atoms with Gasteiger partial charge in [0.1, 0.15) is 22.6 Å². The van der Waals surface area contributed by atoms with Crippen LogP contribution in [0.3, 0.4) is 0 Å². The van der Waals surface area contributed by atoms with E-state index in [4.69, 9.17) is 9.47 Å². The number of benzene rings is 4. The van der Waals surface area contributed by atoms with Gasteiger partial charge in [0, 0.05) is 22.4 Å². The molecular weight excluding hydrogens is 540 g/mol. The van der Waals surface area contributed by atoms with Crippen molar-refractivity contribution in [3.63, 3.8) is 0 Å². The van der Waals surface area contributed by atoms with Crippen molar-refractivity contribution < 1.29 is 29.3 Å². The molecule has 0 fully saturated rings. The Hall–Kier alpha value is -4.47.